The lowest BCUT2D eigenvalue weighted by atomic mass is 10.2. The van der Waals surface area contributed by atoms with Crippen LogP contribution in [0.15, 0.2) is 36.4 Å². The molecule has 0 spiro atoms. The van der Waals surface area contributed by atoms with Crippen molar-refractivity contribution < 1.29 is 14.2 Å². The third-order valence-electron chi connectivity index (χ3n) is 4.38. The summed E-state index contributed by atoms with van der Waals surface area (Å²) in [6.07, 6.45) is 2.04. The molecule has 3 aromatic rings. The lowest BCUT2D eigenvalue weighted by molar-refractivity contribution is 0.268. The number of aliphatic hydroxyl groups excluding tert-OH is 1. The highest BCUT2D eigenvalue weighted by molar-refractivity contribution is 5.47. The topological polar surface area (TPSA) is 75.8 Å². The predicted molar refractivity (Wildman–Crippen MR) is 89.0 cm³/mol. The summed E-state index contributed by atoms with van der Waals surface area (Å²) in [7, 11) is 0. The number of hydrogen-bond acceptors (Lipinski definition) is 6. The fourth-order valence-electron chi connectivity index (χ4n) is 3.11. The molecule has 130 valence electrons. The molecule has 0 unspecified atom stereocenters. The van der Waals surface area contributed by atoms with Crippen LogP contribution in [-0.4, -0.2) is 44.1 Å². The molecule has 0 aliphatic carbocycles. The summed E-state index contributed by atoms with van der Waals surface area (Å²) in [6.45, 7) is 1.17. The van der Waals surface area contributed by atoms with E-state index in [4.69, 9.17) is 4.74 Å². The van der Waals surface area contributed by atoms with Crippen LogP contribution in [0.25, 0.3) is 5.65 Å². The van der Waals surface area contributed by atoms with E-state index in [1.54, 1.807) is 16.6 Å². The van der Waals surface area contributed by atoms with Crippen LogP contribution < -0.4 is 9.64 Å². The van der Waals surface area contributed by atoms with E-state index in [9.17, 15) is 9.50 Å². The molecule has 7 nitrogen and oxygen atoms in total. The van der Waals surface area contributed by atoms with Gasteiger partial charge >= 0.3 is 0 Å². The molecule has 0 bridgehead atoms. The molecule has 25 heavy (non-hydrogen) atoms. The van der Waals surface area contributed by atoms with E-state index in [1.165, 1.54) is 12.1 Å². The summed E-state index contributed by atoms with van der Waals surface area (Å²) in [5.41, 5.74) is 0.603. The molecule has 8 heteroatoms. The van der Waals surface area contributed by atoms with Crippen LogP contribution in [0.4, 0.5) is 10.2 Å². The molecular formula is C17H18FN5O2. The second-order valence-electron chi connectivity index (χ2n) is 5.99. The van der Waals surface area contributed by atoms with Crippen LogP contribution in [0.3, 0.4) is 0 Å². The Morgan fingerprint density at radius 3 is 2.80 bits per heavy atom. The van der Waals surface area contributed by atoms with Gasteiger partial charge in [-0.3, -0.25) is 0 Å². The summed E-state index contributed by atoms with van der Waals surface area (Å²) >= 11 is 0. The highest BCUT2D eigenvalue weighted by atomic mass is 19.1. The minimum atomic E-state index is -0.277. The molecule has 1 aliphatic heterocycles. The molecule has 3 heterocycles. The highest BCUT2D eigenvalue weighted by Crippen LogP contribution is 2.25. The molecule has 0 saturated carbocycles. The van der Waals surface area contributed by atoms with Gasteiger partial charge in [0.05, 0.1) is 6.04 Å². The van der Waals surface area contributed by atoms with E-state index in [-0.39, 0.29) is 18.5 Å². The maximum Gasteiger partial charge on any atom is 0.180 e. The predicted octanol–water partition coefficient (Wildman–Crippen LogP) is 1.80. The van der Waals surface area contributed by atoms with Gasteiger partial charge in [-0.1, -0.05) is 0 Å². The Labute approximate surface area is 143 Å². The molecule has 0 amide bonds. The van der Waals surface area contributed by atoms with Crippen LogP contribution in [-0.2, 0) is 6.61 Å². The normalized spacial score (nSPS) is 17.4. The van der Waals surface area contributed by atoms with E-state index in [1.807, 2.05) is 12.1 Å². The van der Waals surface area contributed by atoms with Gasteiger partial charge in [0.2, 0.25) is 0 Å². The Morgan fingerprint density at radius 1 is 1.16 bits per heavy atom. The number of hydrogen-bond donors (Lipinski definition) is 1. The SMILES string of the molecule is OCc1nnc2ccc(N3CCC[C@H]3COc3ccc(F)cc3)nn12. The number of fused-ring (bicyclic) bond motifs is 1. The molecule has 0 radical (unpaired) electrons. The van der Waals surface area contributed by atoms with Crippen molar-refractivity contribution in [2.45, 2.75) is 25.5 Å². The standard InChI is InChI=1S/C17H18FN5O2/c18-12-3-5-14(6-4-12)25-11-13-2-1-9-22(13)16-8-7-15-19-20-17(10-24)23(15)21-16/h3-8,13,24H,1-2,9-11H2/t13-/m0/s1. The Balaban J connectivity index is 1.51. The Bertz CT molecular complexity index is 867. The largest absolute Gasteiger partial charge is 0.491 e. The minimum absolute atomic E-state index is 0.184. The molecule has 4 rings (SSSR count). The van der Waals surface area contributed by atoms with E-state index in [2.05, 4.69) is 20.2 Å². The first-order valence-electron chi connectivity index (χ1n) is 8.22. The van der Waals surface area contributed by atoms with Gasteiger partial charge in [-0.25, -0.2) is 4.39 Å². The first kappa shape index (κ1) is 15.8. The zero-order valence-corrected chi connectivity index (χ0v) is 13.5. The fourth-order valence-corrected chi connectivity index (χ4v) is 3.11. The molecular weight excluding hydrogens is 325 g/mol. The third-order valence-corrected chi connectivity index (χ3v) is 4.38. The van der Waals surface area contributed by atoms with Crippen molar-refractivity contribution in [1.29, 1.82) is 0 Å². The van der Waals surface area contributed by atoms with Crippen molar-refractivity contribution in [1.82, 2.24) is 19.8 Å². The minimum Gasteiger partial charge on any atom is -0.491 e. The van der Waals surface area contributed by atoms with Crippen molar-refractivity contribution in [3.05, 3.63) is 48.0 Å². The maximum absolute atomic E-state index is 13.0. The molecule has 1 saturated heterocycles. The number of rotatable bonds is 5. The van der Waals surface area contributed by atoms with Gasteiger partial charge < -0.3 is 14.7 Å². The van der Waals surface area contributed by atoms with Gasteiger partial charge in [0.1, 0.15) is 30.6 Å². The molecule has 1 N–H and O–H groups in total. The van der Waals surface area contributed by atoms with Gasteiger partial charge in [-0.05, 0) is 49.2 Å². The maximum atomic E-state index is 13.0. The lowest BCUT2D eigenvalue weighted by Gasteiger charge is -2.25. The van der Waals surface area contributed by atoms with Gasteiger partial charge in [0.25, 0.3) is 0 Å². The lowest BCUT2D eigenvalue weighted by Crippen LogP contribution is -2.35. The summed E-state index contributed by atoms with van der Waals surface area (Å²) in [4.78, 5) is 2.18. The number of nitrogens with zero attached hydrogens (tertiary/aromatic N) is 5. The van der Waals surface area contributed by atoms with Gasteiger partial charge in [0.15, 0.2) is 11.5 Å². The smallest absolute Gasteiger partial charge is 0.180 e. The summed E-state index contributed by atoms with van der Waals surface area (Å²) in [6, 6.07) is 9.96. The summed E-state index contributed by atoms with van der Waals surface area (Å²) < 4.78 is 20.3. The zero-order valence-electron chi connectivity index (χ0n) is 13.5. The van der Waals surface area contributed by atoms with Crippen molar-refractivity contribution in [3.8, 4) is 5.75 Å². The molecule has 1 aromatic carbocycles. The Hall–Kier alpha value is -2.74. The number of halogens is 1. The van der Waals surface area contributed by atoms with Crippen LogP contribution in [0.1, 0.15) is 18.7 Å². The number of aromatic nitrogens is 4. The van der Waals surface area contributed by atoms with Gasteiger partial charge in [0, 0.05) is 6.54 Å². The molecule has 1 aliphatic rings. The number of anilines is 1. The van der Waals surface area contributed by atoms with E-state index in [0.717, 1.165) is 25.2 Å². The Morgan fingerprint density at radius 2 is 2.00 bits per heavy atom. The number of aliphatic hydroxyl groups is 1. The highest BCUT2D eigenvalue weighted by Gasteiger charge is 2.27. The quantitative estimate of drug-likeness (QED) is 0.761. The second kappa shape index (κ2) is 6.64. The summed E-state index contributed by atoms with van der Waals surface area (Å²) in [5.74, 6) is 1.58. The zero-order chi connectivity index (χ0) is 17.2. The van der Waals surface area contributed by atoms with E-state index in [0.29, 0.717) is 23.8 Å². The van der Waals surface area contributed by atoms with E-state index < -0.39 is 0 Å². The van der Waals surface area contributed by atoms with Crippen LogP contribution in [0.2, 0.25) is 0 Å². The first-order valence-corrected chi connectivity index (χ1v) is 8.22. The van der Waals surface area contributed by atoms with E-state index >= 15 is 0 Å². The van der Waals surface area contributed by atoms with Crippen LogP contribution in [0, 0.1) is 5.82 Å². The monoisotopic (exact) mass is 343 g/mol. The molecule has 2 aromatic heterocycles. The van der Waals surface area contributed by atoms with Crippen LogP contribution >= 0.6 is 0 Å². The van der Waals surface area contributed by atoms with Crippen molar-refractivity contribution in [2.75, 3.05) is 18.1 Å². The average molecular weight is 343 g/mol. The van der Waals surface area contributed by atoms with Crippen molar-refractivity contribution in [3.63, 3.8) is 0 Å². The number of benzene rings is 1. The number of ether oxygens (including phenoxy) is 1. The van der Waals surface area contributed by atoms with Crippen molar-refractivity contribution >= 4 is 11.5 Å². The molecule has 1 fully saturated rings. The summed E-state index contributed by atoms with van der Waals surface area (Å²) in [5, 5.41) is 21.8. The van der Waals surface area contributed by atoms with Crippen LogP contribution in [0.5, 0.6) is 5.75 Å². The first-order chi connectivity index (χ1) is 12.2. The van der Waals surface area contributed by atoms with Gasteiger partial charge in [-0.2, -0.15) is 4.52 Å². The third kappa shape index (κ3) is 3.12. The Kier molecular flexibility index (Phi) is 4.19. The molecule has 1 atom stereocenters. The average Bonchev–Trinajstić information content (AvgIpc) is 3.27. The van der Waals surface area contributed by atoms with Crippen molar-refractivity contribution in [2.24, 2.45) is 0 Å². The van der Waals surface area contributed by atoms with Gasteiger partial charge in [-0.15, -0.1) is 15.3 Å². The fraction of sp³-hybridized carbons (Fsp3) is 0.353. The second-order valence-corrected chi connectivity index (χ2v) is 5.99.